The third kappa shape index (κ3) is 4.59. The summed E-state index contributed by atoms with van der Waals surface area (Å²) in [6, 6.07) is 0. The summed E-state index contributed by atoms with van der Waals surface area (Å²) in [7, 11) is -2.26. The van der Waals surface area contributed by atoms with Crippen LogP contribution in [0.3, 0.4) is 0 Å². The highest BCUT2D eigenvalue weighted by Gasteiger charge is 2.51. The van der Waals surface area contributed by atoms with Gasteiger partial charge in [-0.05, 0) is 25.1 Å². The van der Waals surface area contributed by atoms with Crippen molar-refractivity contribution in [2.24, 2.45) is 5.92 Å². The van der Waals surface area contributed by atoms with Gasteiger partial charge < -0.3 is 24.7 Å². The van der Waals surface area contributed by atoms with Gasteiger partial charge in [-0.3, -0.25) is 9.36 Å². The highest BCUT2D eigenvalue weighted by atomic mass is 28.4. The lowest BCUT2D eigenvalue weighted by atomic mass is 9.94. The van der Waals surface area contributed by atoms with E-state index in [9.17, 15) is 9.90 Å². The van der Waals surface area contributed by atoms with E-state index in [1.807, 2.05) is 0 Å². The number of nitrogen functional groups attached to an aromatic ring is 1. The predicted molar refractivity (Wildman–Crippen MR) is 118 cm³/mol. The van der Waals surface area contributed by atoms with Crippen LogP contribution in [0.25, 0.3) is 11.2 Å². The molecule has 0 spiro atoms. The van der Waals surface area contributed by atoms with E-state index in [1.165, 1.54) is 6.33 Å². The number of carbonyl (C=O) groups is 1. The van der Waals surface area contributed by atoms with Crippen molar-refractivity contribution < 1.29 is 23.8 Å². The van der Waals surface area contributed by atoms with Crippen LogP contribution in [-0.4, -0.2) is 64.3 Å². The molecular formula is C20H33N5O5Si. The number of hydrogen-bond donors (Lipinski definition) is 2. The fourth-order valence-corrected chi connectivity index (χ4v) is 4.89. The molecule has 2 aromatic rings. The van der Waals surface area contributed by atoms with Gasteiger partial charge in [0.25, 0.3) is 0 Å². The van der Waals surface area contributed by atoms with Crippen molar-refractivity contribution in [2.75, 3.05) is 18.9 Å². The molecule has 0 saturated carbocycles. The molecule has 0 amide bonds. The summed E-state index contributed by atoms with van der Waals surface area (Å²) in [6.07, 6.45) is 1.30. The lowest BCUT2D eigenvalue weighted by Gasteiger charge is -2.40. The normalized spacial score (nSPS) is 24.6. The van der Waals surface area contributed by atoms with Crippen LogP contribution >= 0.6 is 0 Å². The monoisotopic (exact) mass is 451 g/mol. The SMILES string of the molecule is CCOC(=O)C[C@H]1[C@@H](O[Si](C)(C)C(C)(C)C)[C@H](n2cnc3c(N)ncnc32)O[C@@H]1CO. The van der Waals surface area contributed by atoms with Gasteiger partial charge in [-0.15, -0.1) is 0 Å². The van der Waals surface area contributed by atoms with Crippen LogP contribution in [0.2, 0.25) is 18.1 Å². The Bertz CT molecular complexity index is 928. The van der Waals surface area contributed by atoms with Gasteiger partial charge in [-0.2, -0.15) is 0 Å². The van der Waals surface area contributed by atoms with Gasteiger partial charge in [0, 0.05) is 5.92 Å². The lowest BCUT2D eigenvalue weighted by molar-refractivity contribution is -0.145. The average molecular weight is 452 g/mol. The van der Waals surface area contributed by atoms with E-state index in [1.54, 1.807) is 17.8 Å². The zero-order valence-corrected chi connectivity index (χ0v) is 20.0. The molecule has 0 aromatic carbocycles. The molecule has 172 valence electrons. The van der Waals surface area contributed by atoms with Crippen LogP contribution < -0.4 is 5.73 Å². The number of carbonyl (C=O) groups excluding carboxylic acids is 1. The molecule has 1 saturated heterocycles. The van der Waals surface area contributed by atoms with E-state index in [-0.39, 0.29) is 42.4 Å². The second-order valence-corrected chi connectivity index (χ2v) is 14.1. The van der Waals surface area contributed by atoms with Gasteiger partial charge in [-0.1, -0.05) is 20.8 Å². The summed E-state index contributed by atoms with van der Waals surface area (Å²) in [5, 5.41) is 9.97. The number of aliphatic hydroxyl groups excluding tert-OH is 1. The highest BCUT2D eigenvalue weighted by molar-refractivity contribution is 6.74. The molecule has 11 heteroatoms. The second kappa shape index (κ2) is 8.81. The molecule has 0 radical (unpaired) electrons. The Balaban J connectivity index is 2.05. The molecule has 1 aliphatic rings. The number of fused-ring (bicyclic) bond motifs is 1. The van der Waals surface area contributed by atoms with Gasteiger partial charge in [-0.25, -0.2) is 15.0 Å². The zero-order chi connectivity index (χ0) is 23.0. The number of ether oxygens (including phenoxy) is 2. The van der Waals surface area contributed by atoms with Gasteiger partial charge >= 0.3 is 5.97 Å². The number of esters is 1. The zero-order valence-electron chi connectivity index (χ0n) is 19.0. The Morgan fingerprint density at radius 1 is 1.32 bits per heavy atom. The molecule has 0 aliphatic carbocycles. The molecule has 1 fully saturated rings. The van der Waals surface area contributed by atoms with Crippen molar-refractivity contribution in [1.29, 1.82) is 0 Å². The molecule has 3 N–H and O–H groups in total. The maximum Gasteiger partial charge on any atom is 0.306 e. The molecule has 10 nitrogen and oxygen atoms in total. The summed E-state index contributed by atoms with van der Waals surface area (Å²) < 4.78 is 19.9. The largest absolute Gasteiger partial charge is 0.466 e. The standard InChI is InChI=1S/C20H33N5O5Si/c1-7-28-14(27)8-12-13(9-26)29-19(16(12)30-31(5,6)20(2,3)4)25-11-24-15-17(21)22-10-23-18(15)25/h10-13,16,19,26H,7-9H2,1-6H3,(H2,21,22,23)/t12-,13-,16-,19-/m1/s1. The van der Waals surface area contributed by atoms with Crippen LogP contribution in [0, 0.1) is 5.92 Å². The number of rotatable bonds is 7. The minimum atomic E-state index is -2.26. The number of nitrogens with two attached hydrogens (primary N) is 1. The Hall–Kier alpha value is -2.08. The molecule has 1 aliphatic heterocycles. The first-order valence-corrected chi connectivity index (χ1v) is 13.4. The fourth-order valence-electron chi connectivity index (χ4n) is 3.56. The molecule has 2 aromatic heterocycles. The van der Waals surface area contributed by atoms with Crippen LogP contribution in [-0.2, 0) is 18.7 Å². The summed E-state index contributed by atoms with van der Waals surface area (Å²) >= 11 is 0. The van der Waals surface area contributed by atoms with Crippen molar-refractivity contribution in [2.45, 2.75) is 70.7 Å². The van der Waals surface area contributed by atoms with E-state index in [4.69, 9.17) is 19.6 Å². The van der Waals surface area contributed by atoms with Crippen molar-refractivity contribution in [1.82, 2.24) is 19.5 Å². The summed E-state index contributed by atoms with van der Waals surface area (Å²) in [5.41, 5.74) is 6.92. The fraction of sp³-hybridized carbons (Fsp3) is 0.700. The molecule has 3 heterocycles. The average Bonchev–Trinajstić information content (AvgIpc) is 3.23. The van der Waals surface area contributed by atoms with Crippen molar-refractivity contribution in [3.8, 4) is 0 Å². The molecular weight excluding hydrogens is 418 g/mol. The third-order valence-corrected chi connectivity index (χ3v) is 10.8. The number of aromatic nitrogens is 4. The van der Waals surface area contributed by atoms with E-state index >= 15 is 0 Å². The minimum Gasteiger partial charge on any atom is -0.466 e. The van der Waals surface area contributed by atoms with Crippen molar-refractivity contribution >= 4 is 31.3 Å². The first-order valence-electron chi connectivity index (χ1n) is 10.5. The Morgan fingerprint density at radius 3 is 2.65 bits per heavy atom. The third-order valence-electron chi connectivity index (χ3n) is 6.28. The van der Waals surface area contributed by atoms with Gasteiger partial charge in [0.15, 0.2) is 26.0 Å². The first-order chi connectivity index (χ1) is 14.5. The van der Waals surface area contributed by atoms with Crippen LogP contribution in [0.4, 0.5) is 5.82 Å². The molecule has 31 heavy (non-hydrogen) atoms. The highest BCUT2D eigenvalue weighted by Crippen LogP contribution is 2.45. The topological polar surface area (TPSA) is 135 Å². The Morgan fingerprint density at radius 2 is 2.03 bits per heavy atom. The molecule has 3 rings (SSSR count). The van der Waals surface area contributed by atoms with Crippen LogP contribution in [0.5, 0.6) is 0 Å². The second-order valence-electron chi connectivity index (χ2n) is 9.35. The smallest absolute Gasteiger partial charge is 0.306 e. The molecule has 0 bridgehead atoms. The number of hydrogen-bond acceptors (Lipinski definition) is 9. The van der Waals surface area contributed by atoms with Gasteiger partial charge in [0.2, 0.25) is 0 Å². The predicted octanol–water partition coefficient (Wildman–Crippen LogP) is 2.26. The Labute approximate surface area is 183 Å². The van der Waals surface area contributed by atoms with E-state index in [0.717, 1.165) is 0 Å². The maximum atomic E-state index is 12.4. The van der Waals surface area contributed by atoms with E-state index in [0.29, 0.717) is 11.2 Å². The molecule has 0 unspecified atom stereocenters. The van der Waals surface area contributed by atoms with E-state index < -0.39 is 26.8 Å². The lowest BCUT2D eigenvalue weighted by Crippen LogP contribution is -2.47. The maximum absolute atomic E-state index is 12.4. The van der Waals surface area contributed by atoms with Crippen molar-refractivity contribution in [3.05, 3.63) is 12.7 Å². The number of imidazole rings is 1. The van der Waals surface area contributed by atoms with Crippen LogP contribution in [0.15, 0.2) is 12.7 Å². The molecule has 4 atom stereocenters. The number of anilines is 1. The van der Waals surface area contributed by atoms with Gasteiger partial charge in [0.1, 0.15) is 11.8 Å². The minimum absolute atomic E-state index is 0.0626. The van der Waals surface area contributed by atoms with E-state index in [2.05, 4.69) is 48.8 Å². The summed E-state index contributed by atoms with van der Waals surface area (Å²) in [6.45, 7) is 12.5. The van der Waals surface area contributed by atoms with Gasteiger partial charge in [0.05, 0.1) is 38.2 Å². The number of nitrogens with zero attached hydrogens (tertiary/aromatic N) is 4. The number of aliphatic hydroxyl groups is 1. The first kappa shape index (κ1) is 23.6. The summed E-state index contributed by atoms with van der Waals surface area (Å²) in [5.74, 6) is -0.466. The van der Waals surface area contributed by atoms with Crippen molar-refractivity contribution in [3.63, 3.8) is 0 Å². The Kier molecular flexibility index (Phi) is 6.70. The quantitative estimate of drug-likeness (QED) is 0.480. The summed E-state index contributed by atoms with van der Waals surface area (Å²) in [4.78, 5) is 25.0. The van der Waals surface area contributed by atoms with Crippen LogP contribution in [0.1, 0.15) is 40.3 Å².